The van der Waals surface area contributed by atoms with Crippen LogP contribution in [0.25, 0.3) is 0 Å². The summed E-state index contributed by atoms with van der Waals surface area (Å²) in [4.78, 5) is 17.3. The fraction of sp³-hybridized carbons (Fsp3) is 0.538. The van der Waals surface area contributed by atoms with Crippen molar-refractivity contribution in [3.05, 3.63) is 24.2 Å². The van der Waals surface area contributed by atoms with Crippen molar-refractivity contribution in [1.29, 1.82) is 0 Å². The molecule has 1 heterocycles. The summed E-state index contributed by atoms with van der Waals surface area (Å²) in [5.41, 5.74) is 0. The monoisotopic (exact) mass is 266 g/mol. The lowest BCUT2D eigenvalue weighted by molar-refractivity contribution is -0.127. The van der Waals surface area contributed by atoms with Gasteiger partial charge in [-0.2, -0.15) is 0 Å². The van der Waals surface area contributed by atoms with Gasteiger partial charge in [-0.3, -0.25) is 4.79 Å². The zero-order valence-corrected chi connectivity index (χ0v) is 11.8. The van der Waals surface area contributed by atoms with Crippen LogP contribution in [0.1, 0.15) is 19.1 Å². The van der Waals surface area contributed by atoms with Gasteiger partial charge in [-0.25, -0.2) is 4.99 Å². The first kappa shape index (κ1) is 15.1. The molecule has 6 nitrogen and oxygen atoms in total. The van der Waals surface area contributed by atoms with E-state index in [4.69, 9.17) is 4.42 Å². The Balaban J connectivity index is 2.50. The third-order valence-electron chi connectivity index (χ3n) is 2.42. The van der Waals surface area contributed by atoms with E-state index in [1.54, 1.807) is 20.4 Å². The van der Waals surface area contributed by atoms with Gasteiger partial charge >= 0.3 is 0 Å². The second-order valence-corrected chi connectivity index (χ2v) is 4.31. The second-order valence-electron chi connectivity index (χ2n) is 4.31. The first-order valence-electron chi connectivity index (χ1n) is 6.38. The van der Waals surface area contributed by atoms with Gasteiger partial charge in [0, 0.05) is 20.6 Å². The highest BCUT2D eigenvalue weighted by Gasteiger charge is 2.04. The Morgan fingerprint density at radius 3 is 2.79 bits per heavy atom. The molecule has 1 aromatic heterocycles. The number of carbonyl (C=O) groups is 1. The fourth-order valence-corrected chi connectivity index (χ4v) is 1.29. The largest absolute Gasteiger partial charge is 0.467 e. The SMILES string of the molecule is CCCNC(=NCC(=O)N(C)C)NCc1ccco1. The molecule has 0 spiro atoms. The Hall–Kier alpha value is -1.98. The summed E-state index contributed by atoms with van der Waals surface area (Å²) in [5.74, 6) is 1.41. The molecule has 0 saturated heterocycles. The maximum Gasteiger partial charge on any atom is 0.243 e. The van der Waals surface area contributed by atoms with Gasteiger partial charge in [-0.1, -0.05) is 6.92 Å². The van der Waals surface area contributed by atoms with Crippen molar-refractivity contribution in [1.82, 2.24) is 15.5 Å². The Bertz CT molecular complexity index is 399. The molecule has 0 aliphatic rings. The van der Waals surface area contributed by atoms with Crippen LogP contribution in [-0.2, 0) is 11.3 Å². The minimum atomic E-state index is -0.0319. The van der Waals surface area contributed by atoms with Crippen LogP contribution in [0.2, 0.25) is 0 Å². The molecule has 1 rings (SSSR count). The molecule has 0 bridgehead atoms. The van der Waals surface area contributed by atoms with Crippen LogP contribution >= 0.6 is 0 Å². The fourth-order valence-electron chi connectivity index (χ4n) is 1.29. The Morgan fingerprint density at radius 2 is 2.21 bits per heavy atom. The van der Waals surface area contributed by atoms with E-state index in [2.05, 4.69) is 22.5 Å². The van der Waals surface area contributed by atoms with Gasteiger partial charge in [0.15, 0.2) is 5.96 Å². The van der Waals surface area contributed by atoms with E-state index in [0.717, 1.165) is 18.7 Å². The Kier molecular flexibility index (Phi) is 6.49. The van der Waals surface area contributed by atoms with Gasteiger partial charge < -0.3 is 20.0 Å². The highest BCUT2D eigenvalue weighted by Crippen LogP contribution is 1.98. The molecule has 0 aromatic carbocycles. The van der Waals surface area contributed by atoms with E-state index in [-0.39, 0.29) is 12.5 Å². The maximum absolute atomic E-state index is 11.5. The summed E-state index contributed by atoms with van der Waals surface area (Å²) in [6, 6.07) is 3.72. The van der Waals surface area contributed by atoms with Crippen molar-refractivity contribution < 1.29 is 9.21 Å². The number of amides is 1. The predicted molar refractivity (Wildman–Crippen MR) is 74.8 cm³/mol. The highest BCUT2D eigenvalue weighted by molar-refractivity contribution is 5.84. The quantitative estimate of drug-likeness (QED) is 0.590. The summed E-state index contributed by atoms with van der Waals surface area (Å²) in [6.45, 7) is 3.55. The van der Waals surface area contributed by atoms with E-state index in [0.29, 0.717) is 12.5 Å². The minimum absolute atomic E-state index is 0.0319. The van der Waals surface area contributed by atoms with Crippen LogP contribution in [0, 0.1) is 0 Å². The number of carbonyl (C=O) groups excluding carboxylic acids is 1. The van der Waals surface area contributed by atoms with Gasteiger partial charge in [-0.15, -0.1) is 0 Å². The van der Waals surface area contributed by atoms with E-state index in [1.807, 2.05) is 12.1 Å². The molecule has 0 aliphatic carbocycles. The van der Waals surface area contributed by atoms with Crippen LogP contribution in [0.3, 0.4) is 0 Å². The number of hydrogen-bond donors (Lipinski definition) is 2. The lowest BCUT2D eigenvalue weighted by Crippen LogP contribution is -2.38. The molecule has 0 unspecified atom stereocenters. The molecule has 0 atom stereocenters. The van der Waals surface area contributed by atoms with E-state index in [9.17, 15) is 4.79 Å². The van der Waals surface area contributed by atoms with Crippen LogP contribution in [0.4, 0.5) is 0 Å². The van der Waals surface area contributed by atoms with Crippen molar-refractivity contribution in [2.24, 2.45) is 4.99 Å². The molecule has 2 N–H and O–H groups in total. The normalized spacial score (nSPS) is 11.2. The molecule has 0 aliphatic heterocycles. The summed E-state index contributed by atoms with van der Waals surface area (Å²) >= 11 is 0. The van der Waals surface area contributed by atoms with Gasteiger partial charge in [0.05, 0.1) is 12.8 Å². The zero-order valence-electron chi connectivity index (χ0n) is 11.8. The highest BCUT2D eigenvalue weighted by atomic mass is 16.3. The van der Waals surface area contributed by atoms with Gasteiger partial charge in [0.1, 0.15) is 12.3 Å². The number of rotatable bonds is 6. The Morgan fingerprint density at radius 1 is 1.42 bits per heavy atom. The number of likely N-dealkylation sites (N-methyl/N-ethyl adjacent to an activating group) is 1. The summed E-state index contributed by atoms with van der Waals surface area (Å²) in [6.07, 6.45) is 2.62. The van der Waals surface area contributed by atoms with Crippen molar-refractivity contribution in [2.45, 2.75) is 19.9 Å². The molecule has 0 radical (unpaired) electrons. The van der Waals surface area contributed by atoms with Crippen LogP contribution in [0.5, 0.6) is 0 Å². The molecule has 0 saturated carbocycles. The summed E-state index contributed by atoms with van der Waals surface area (Å²) in [7, 11) is 3.43. The minimum Gasteiger partial charge on any atom is -0.467 e. The molecular weight excluding hydrogens is 244 g/mol. The second kappa shape index (κ2) is 8.18. The molecule has 1 amide bonds. The lowest BCUT2D eigenvalue weighted by Gasteiger charge is -2.12. The standard InChI is InChI=1S/C13H22N4O2/c1-4-7-14-13(16-10-12(18)17(2)3)15-9-11-6-5-8-19-11/h5-6,8H,4,7,9-10H2,1-3H3,(H2,14,15,16). The van der Waals surface area contributed by atoms with Crippen LogP contribution < -0.4 is 10.6 Å². The lowest BCUT2D eigenvalue weighted by atomic mass is 10.4. The van der Waals surface area contributed by atoms with Gasteiger partial charge in [0.25, 0.3) is 0 Å². The molecule has 106 valence electrons. The summed E-state index contributed by atoms with van der Waals surface area (Å²) in [5, 5.41) is 6.28. The predicted octanol–water partition coefficient (Wildman–Crippen LogP) is 0.813. The molecule has 0 fully saturated rings. The third kappa shape index (κ3) is 5.94. The van der Waals surface area contributed by atoms with Crippen molar-refractivity contribution in [3.8, 4) is 0 Å². The first-order valence-corrected chi connectivity index (χ1v) is 6.38. The molecular formula is C13H22N4O2. The number of aliphatic imine (C=N–C) groups is 1. The summed E-state index contributed by atoms with van der Waals surface area (Å²) < 4.78 is 5.23. The first-order chi connectivity index (χ1) is 9.13. The van der Waals surface area contributed by atoms with Crippen LogP contribution in [0.15, 0.2) is 27.8 Å². The third-order valence-corrected chi connectivity index (χ3v) is 2.42. The van der Waals surface area contributed by atoms with E-state index < -0.39 is 0 Å². The van der Waals surface area contributed by atoms with Gasteiger partial charge in [-0.05, 0) is 18.6 Å². The zero-order chi connectivity index (χ0) is 14.1. The molecule has 6 heteroatoms. The Labute approximate surface area is 113 Å². The molecule has 1 aromatic rings. The number of nitrogens with zero attached hydrogens (tertiary/aromatic N) is 2. The number of hydrogen-bond acceptors (Lipinski definition) is 3. The van der Waals surface area contributed by atoms with E-state index in [1.165, 1.54) is 4.90 Å². The van der Waals surface area contributed by atoms with E-state index >= 15 is 0 Å². The smallest absolute Gasteiger partial charge is 0.243 e. The maximum atomic E-state index is 11.5. The van der Waals surface area contributed by atoms with Crippen molar-refractivity contribution in [3.63, 3.8) is 0 Å². The average molecular weight is 266 g/mol. The number of nitrogens with one attached hydrogen (secondary N) is 2. The topological polar surface area (TPSA) is 69.9 Å². The van der Waals surface area contributed by atoms with Crippen LogP contribution in [-0.4, -0.2) is 44.0 Å². The average Bonchev–Trinajstić information content (AvgIpc) is 2.90. The molecule has 19 heavy (non-hydrogen) atoms. The number of guanidine groups is 1. The van der Waals surface area contributed by atoms with Gasteiger partial charge in [0.2, 0.25) is 5.91 Å². The van der Waals surface area contributed by atoms with Crippen molar-refractivity contribution >= 4 is 11.9 Å². The van der Waals surface area contributed by atoms with Crippen molar-refractivity contribution in [2.75, 3.05) is 27.2 Å². The number of furan rings is 1.